The molecule has 0 aliphatic rings. The zero-order chi connectivity index (χ0) is 24.4. The van der Waals surface area contributed by atoms with Crippen LogP contribution >= 0.6 is 7.14 Å². The summed E-state index contributed by atoms with van der Waals surface area (Å²) in [6, 6.07) is 37.1. The standard InChI is InChI=1S/C31H25O3P/c1-22(31(32)34-2)30(25-14-4-3-5-15-25)35(33,28-20-10-16-23-12-6-8-18-26(23)28)29-21-11-17-24-13-7-9-19-27(24)29/h3-21,30H,1H2,2H3/t30-/m0/s1. The summed E-state index contributed by atoms with van der Waals surface area (Å²) >= 11 is 0. The highest BCUT2D eigenvalue weighted by Gasteiger charge is 2.43. The number of rotatable bonds is 6. The van der Waals surface area contributed by atoms with E-state index in [2.05, 4.69) is 6.58 Å². The van der Waals surface area contributed by atoms with E-state index in [0.29, 0.717) is 10.6 Å². The number of carbonyl (C=O) groups is 1. The van der Waals surface area contributed by atoms with Crippen molar-refractivity contribution < 1.29 is 14.1 Å². The number of hydrogen-bond donors (Lipinski definition) is 0. The van der Waals surface area contributed by atoms with Crippen molar-refractivity contribution in [2.45, 2.75) is 5.66 Å². The number of hydrogen-bond acceptors (Lipinski definition) is 3. The summed E-state index contributed by atoms with van der Waals surface area (Å²) in [5.74, 6) is -0.570. The lowest BCUT2D eigenvalue weighted by Crippen LogP contribution is -2.26. The molecule has 5 rings (SSSR count). The van der Waals surface area contributed by atoms with Gasteiger partial charge in [-0.15, -0.1) is 0 Å². The summed E-state index contributed by atoms with van der Waals surface area (Å²) in [5.41, 5.74) is 0.128. The maximum atomic E-state index is 15.9. The first-order valence-corrected chi connectivity index (χ1v) is 13.2. The molecule has 0 N–H and O–H groups in total. The summed E-state index contributed by atoms with van der Waals surface area (Å²) in [4.78, 5) is 12.9. The number of fused-ring (bicyclic) bond motifs is 2. The minimum Gasteiger partial charge on any atom is -0.466 e. The van der Waals surface area contributed by atoms with Crippen LogP contribution in [-0.4, -0.2) is 13.1 Å². The van der Waals surface area contributed by atoms with Crippen LogP contribution in [0.4, 0.5) is 0 Å². The van der Waals surface area contributed by atoms with Crippen molar-refractivity contribution in [2.24, 2.45) is 0 Å². The van der Waals surface area contributed by atoms with Crippen molar-refractivity contribution in [3.63, 3.8) is 0 Å². The molecule has 35 heavy (non-hydrogen) atoms. The first kappa shape index (κ1) is 22.8. The average molecular weight is 477 g/mol. The van der Waals surface area contributed by atoms with E-state index in [9.17, 15) is 4.79 Å². The lowest BCUT2D eigenvalue weighted by molar-refractivity contribution is -0.136. The summed E-state index contributed by atoms with van der Waals surface area (Å²) in [6.45, 7) is 4.13. The molecule has 172 valence electrons. The molecule has 1 atom stereocenters. The minimum absolute atomic E-state index is 0.169. The van der Waals surface area contributed by atoms with Crippen molar-refractivity contribution in [1.82, 2.24) is 0 Å². The molecule has 4 heteroatoms. The molecule has 0 aromatic heterocycles. The first-order valence-electron chi connectivity index (χ1n) is 11.4. The Hall–Kier alpha value is -3.94. The SMILES string of the molecule is C=C(C(=O)OC)[C@@H](c1ccccc1)P(=O)(c1cccc2ccccc12)c1cccc2ccccc12. The van der Waals surface area contributed by atoms with Crippen molar-refractivity contribution in [2.75, 3.05) is 7.11 Å². The van der Waals surface area contributed by atoms with E-state index < -0.39 is 18.8 Å². The van der Waals surface area contributed by atoms with Crippen LogP contribution in [0, 0.1) is 0 Å². The number of esters is 1. The maximum Gasteiger partial charge on any atom is 0.334 e. The van der Waals surface area contributed by atoms with E-state index in [4.69, 9.17) is 4.74 Å². The van der Waals surface area contributed by atoms with E-state index in [-0.39, 0.29) is 5.57 Å². The Morgan fingerprint density at radius 3 is 1.66 bits per heavy atom. The van der Waals surface area contributed by atoms with E-state index in [1.165, 1.54) is 7.11 Å². The Morgan fingerprint density at radius 2 is 1.14 bits per heavy atom. The zero-order valence-electron chi connectivity index (χ0n) is 19.4. The second kappa shape index (κ2) is 9.37. The molecule has 3 nitrogen and oxygen atoms in total. The number of benzene rings is 5. The molecular weight excluding hydrogens is 451 g/mol. The molecule has 0 saturated carbocycles. The normalized spacial score (nSPS) is 12.4. The first-order chi connectivity index (χ1) is 17.1. The molecule has 0 bridgehead atoms. The minimum atomic E-state index is -3.57. The predicted molar refractivity (Wildman–Crippen MR) is 145 cm³/mol. The third-order valence-corrected chi connectivity index (χ3v) is 10.1. The lowest BCUT2D eigenvalue weighted by Gasteiger charge is -2.31. The summed E-state index contributed by atoms with van der Waals surface area (Å²) < 4.78 is 21.0. The lowest BCUT2D eigenvalue weighted by atomic mass is 10.1. The Morgan fingerprint density at radius 1 is 0.686 bits per heavy atom. The molecule has 5 aromatic rings. The molecule has 0 saturated heterocycles. The van der Waals surface area contributed by atoms with Gasteiger partial charge in [0.25, 0.3) is 0 Å². The van der Waals surface area contributed by atoms with Crippen LogP contribution in [0.2, 0.25) is 0 Å². The van der Waals surface area contributed by atoms with Crippen LogP contribution < -0.4 is 10.6 Å². The van der Waals surface area contributed by atoms with Gasteiger partial charge in [0, 0.05) is 16.2 Å². The number of ether oxygens (including phenoxy) is 1. The monoisotopic (exact) mass is 476 g/mol. The fourth-order valence-corrected chi connectivity index (χ4v) is 8.60. The fourth-order valence-electron chi connectivity index (χ4n) is 4.91. The Bertz CT molecular complexity index is 1510. The van der Waals surface area contributed by atoms with Gasteiger partial charge in [0.2, 0.25) is 0 Å². The Kier molecular flexibility index (Phi) is 6.11. The Labute approximate surface area is 205 Å². The largest absolute Gasteiger partial charge is 0.466 e. The van der Waals surface area contributed by atoms with Gasteiger partial charge < -0.3 is 9.30 Å². The molecule has 0 unspecified atom stereocenters. The smallest absolute Gasteiger partial charge is 0.334 e. The highest BCUT2D eigenvalue weighted by molar-refractivity contribution is 7.80. The maximum absolute atomic E-state index is 15.9. The molecule has 0 heterocycles. The second-order valence-electron chi connectivity index (χ2n) is 8.48. The molecule has 0 aliphatic carbocycles. The highest BCUT2D eigenvalue weighted by atomic mass is 31.2. The molecule has 0 amide bonds. The van der Waals surface area contributed by atoms with Gasteiger partial charge >= 0.3 is 5.97 Å². The van der Waals surface area contributed by atoms with E-state index >= 15 is 4.57 Å². The summed E-state index contributed by atoms with van der Waals surface area (Å²) in [7, 11) is -2.24. The third-order valence-electron chi connectivity index (χ3n) is 6.51. The van der Waals surface area contributed by atoms with Gasteiger partial charge in [-0.05, 0) is 27.1 Å². The zero-order valence-corrected chi connectivity index (χ0v) is 20.3. The number of methoxy groups -OCH3 is 1. The van der Waals surface area contributed by atoms with E-state index in [0.717, 1.165) is 27.1 Å². The van der Waals surface area contributed by atoms with Gasteiger partial charge in [0.05, 0.1) is 12.8 Å². The van der Waals surface area contributed by atoms with Gasteiger partial charge in [0.1, 0.15) is 0 Å². The van der Waals surface area contributed by atoms with Crippen molar-refractivity contribution >= 4 is 45.3 Å². The van der Waals surface area contributed by atoms with Crippen molar-refractivity contribution in [3.8, 4) is 0 Å². The van der Waals surface area contributed by atoms with Crippen LogP contribution in [0.1, 0.15) is 11.2 Å². The fraction of sp³-hybridized carbons (Fsp3) is 0.0645. The summed E-state index contributed by atoms with van der Waals surface area (Å²) in [6.07, 6.45) is 0. The van der Waals surface area contributed by atoms with Gasteiger partial charge in [-0.3, -0.25) is 0 Å². The van der Waals surface area contributed by atoms with Crippen LogP contribution in [0.5, 0.6) is 0 Å². The van der Waals surface area contributed by atoms with Crippen LogP contribution in [0.25, 0.3) is 21.5 Å². The molecule has 5 aromatic carbocycles. The molecule has 0 aliphatic heterocycles. The van der Waals surface area contributed by atoms with Gasteiger partial charge in [-0.1, -0.05) is 122 Å². The van der Waals surface area contributed by atoms with Crippen molar-refractivity contribution in [1.29, 1.82) is 0 Å². The van der Waals surface area contributed by atoms with Crippen LogP contribution in [0.3, 0.4) is 0 Å². The van der Waals surface area contributed by atoms with Crippen molar-refractivity contribution in [3.05, 3.63) is 133 Å². The van der Waals surface area contributed by atoms with Crippen LogP contribution in [0.15, 0.2) is 127 Å². The molecule has 0 fully saturated rings. The average Bonchev–Trinajstić information content (AvgIpc) is 2.92. The Balaban J connectivity index is 1.94. The van der Waals surface area contributed by atoms with E-state index in [1.807, 2.05) is 115 Å². The second-order valence-corrected chi connectivity index (χ2v) is 11.3. The highest BCUT2D eigenvalue weighted by Crippen LogP contribution is 2.62. The summed E-state index contributed by atoms with van der Waals surface area (Å²) in [5, 5.41) is 5.16. The van der Waals surface area contributed by atoms with Gasteiger partial charge in [-0.2, -0.15) is 0 Å². The number of carbonyl (C=O) groups excluding carboxylic acids is 1. The molecule has 0 radical (unpaired) electrons. The molecular formula is C31H25O3P. The van der Waals surface area contributed by atoms with E-state index in [1.54, 1.807) is 0 Å². The van der Waals surface area contributed by atoms with Gasteiger partial charge in [-0.25, -0.2) is 4.79 Å². The van der Waals surface area contributed by atoms with Crippen LogP contribution in [-0.2, 0) is 14.1 Å². The quantitative estimate of drug-likeness (QED) is 0.154. The van der Waals surface area contributed by atoms with Gasteiger partial charge in [0.15, 0.2) is 7.14 Å². The predicted octanol–water partition coefficient (Wildman–Crippen LogP) is 6.78. The topological polar surface area (TPSA) is 43.4 Å². The third kappa shape index (κ3) is 3.88. The molecule has 0 spiro atoms.